The van der Waals surface area contributed by atoms with Crippen LogP contribution in [0.15, 0.2) is 11.1 Å². The third kappa shape index (κ3) is 2.11. The number of aliphatic hydroxyl groups excluding tert-OH is 1. The minimum atomic E-state index is -0.350. The highest BCUT2D eigenvalue weighted by molar-refractivity contribution is 6.30. The van der Waals surface area contributed by atoms with Crippen molar-refractivity contribution < 1.29 is 9.84 Å². The Hall–Kier alpha value is -0.0900. The first-order valence-electron chi connectivity index (χ1n) is 5.15. The van der Waals surface area contributed by atoms with E-state index in [1.54, 1.807) is 0 Å². The summed E-state index contributed by atoms with van der Waals surface area (Å²) in [6.07, 6.45) is 3.34. The van der Waals surface area contributed by atoms with Crippen molar-refractivity contribution in [2.24, 2.45) is 5.92 Å². The molecular formula is C10H16ClNO2. The summed E-state index contributed by atoms with van der Waals surface area (Å²) < 4.78 is 5.61. The van der Waals surface area contributed by atoms with Gasteiger partial charge in [-0.05, 0) is 12.8 Å². The highest BCUT2D eigenvalue weighted by atomic mass is 35.5. The Morgan fingerprint density at radius 2 is 2.43 bits per heavy atom. The van der Waals surface area contributed by atoms with Crippen LogP contribution in [0, 0.1) is 5.92 Å². The Balaban J connectivity index is 2.05. The molecular weight excluding hydrogens is 202 g/mol. The Morgan fingerprint density at radius 1 is 1.57 bits per heavy atom. The molecule has 2 N–H and O–H groups in total. The van der Waals surface area contributed by atoms with Crippen LogP contribution < -0.4 is 5.32 Å². The predicted octanol–water partition coefficient (Wildman–Crippen LogP) is 0.868. The smallest absolute Gasteiger partial charge is 0.0801 e. The molecule has 0 saturated carbocycles. The van der Waals surface area contributed by atoms with Gasteiger partial charge in [-0.15, -0.1) is 0 Å². The van der Waals surface area contributed by atoms with E-state index in [1.807, 2.05) is 6.08 Å². The molecule has 1 fully saturated rings. The summed E-state index contributed by atoms with van der Waals surface area (Å²) in [5.41, 5.74) is 0. The maximum atomic E-state index is 9.86. The predicted molar refractivity (Wildman–Crippen MR) is 55.3 cm³/mol. The van der Waals surface area contributed by atoms with Gasteiger partial charge in [0, 0.05) is 24.0 Å². The molecule has 1 aliphatic heterocycles. The molecule has 80 valence electrons. The molecule has 0 amide bonds. The number of ether oxygens (including phenoxy) is 1. The SMILES string of the molecule is O[C@H]1CCC=C(Cl)[C@H]1[C@H]1CNCCO1. The third-order valence-corrected chi connectivity index (χ3v) is 3.30. The Kier molecular flexibility index (Phi) is 3.44. The van der Waals surface area contributed by atoms with Crippen LogP contribution in [0.2, 0.25) is 0 Å². The summed E-state index contributed by atoms with van der Waals surface area (Å²) in [6.45, 7) is 2.38. The highest BCUT2D eigenvalue weighted by Gasteiger charge is 2.34. The van der Waals surface area contributed by atoms with Crippen molar-refractivity contribution >= 4 is 11.6 Å². The second-order valence-electron chi connectivity index (χ2n) is 3.87. The van der Waals surface area contributed by atoms with Crippen molar-refractivity contribution in [3.05, 3.63) is 11.1 Å². The molecule has 0 unspecified atom stereocenters. The van der Waals surface area contributed by atoms with E-state index in [0.717, 1.165) is 31.0 Å². The lowest BCUT2D eigenvalue weighted by atomic mass is 9.87. The van der Waals surface area contributed by atoms with Crippen LogP contribution >= 0.6 is 11.6 Å². The average molecular weight is 218 g/mol. The summed E-state index contributed by atoms with van der Waals surface area (Å²) in [6, 6.07) is 0. The number of nitrogens with one attached hydrogen (secondary N) is 1. The third-order valence-electron chi connectivity index (χ3n) is 2.89. The minimum absolute atomic E-state index is 0.0294. The lowest BCUT2D eigenvalue weighted by Gasteiger charge is -2.35. The van der Waals surface area contributed by atoms with Crippen molar-refractivity contribution in [3.63, 3.8) is 0 Å². The van der Waals surface area contributed by atoms with Crippen LogP contribution in [0.3, 0.4) is 0 Å². The molecule has 4 heteroatoms. The molecule has 1 aliphatic carbocycles. The largest absolute Gasteiger partial charge is 0.392 e. The average Bonchev–Trinajstić information content (AvgIpc) is 2.19. The van der Waals surface area contributed by atoms with E-state index in [-0.39, 0.29) is 18.1 Å². The maximum Gasteiger partial charge on any atom is 0.0801 e. The molecule has 0 aromatic heterocycles. The second kappa shape index (κ2) is 4.62. The van der Waals surface area contributed by atoms with Crippen LogP contribution in [0.1, 0.15) is 12.8 Å². The number of rotatable bonds is 1. The molecule has 2 rings (SSSR count). The van der Waals surface area contributed by atoms with E-state index >= 15 is 0 Å². The van der Waals surface area contributed by atoms with E-state index in [0.29, 0.717) is 6.61 Å². The van der Waals surface area contributed by atoms with Crippen LogP contribution in [-0.2, 0) is 4.74 Å². The van der Waals surface area contributed by atoms with Gasteiger partial charge >= 0.3 is 0 Å². The molecule has 1 saturated heterocycles. The molecule has 0 aromatic carbocycles. The Morgan fingerprint density at radius 3 is 3.07 bits per heavy atom. The van der Waals surface area contributed by atoms with Gasteiger partial charge in [-0.2, -0.15) is 0 Å². The quantitative estimate of drug-likeness (QED) is 0.685. The van der Waals surface area contributed by atoms with E-state index < -0.39 is 0 Å². The molecule has 0 spiro atoms. The van der Waals surface area contributed by atoms with E-state index in [2.05, 4.69) is 5.32 Å². The molecule has 14 heavy (non-hydrogen) atoms. The first-order chi connectivity index (χ1) is 6.79. The molecule has 3 nitrogen and oxygen atoms in total. The van der Waals surface area contributed by atoms with Gasteiger partial charge in [-0.3, -0.25) is 0 Å². The summed E-state index contributed by atoms with van der Waals surface area (Å²) in [5.74, 6) is -0.0294. The van der Waals surface area contributed by atoms with Gasteiger partial charge in [0.1, 0.15) is 0 Å². The van der Waals surface area contributed by atoms with Crippen molar-refractivity contribution in [3.8, 4) is 0 Å². The van der Waals surface area contributed by atoms with Crippen molar-refractivity contribution in [1.82, 2.24) is 5.32 Å². The number of hydrogen-bond donors (Lipinski definition) is 2. The number of allylic oxidation sites excluding steroid dienone is 1. The highest BCUT2D eigenvalue weighted by Crippen LogP contribution is 2.32. The van der Waals surface area contributed by atoms with Gasteiger partial charge in [-0.25, -0.2) is 0 Å². The number of morpholine rings is 1. The van der Waals surface area contributed by atoms with E-state index in [1.165, 1.54) is 0 Å². The van der Waals surface area contributed by atoms with Gasteiger partial charge in [0.25, 0.3) is 0 Å². The summed E-state index contributed by atoms with van der Waals surface area (Å²) in [4.78, 5) is 0. The van der Waals surface area contributed by atoms with Crippen molar-refractivity contribution in [2.75, 3.05) is 19.7 Å². The normalized spacial score (nSPS) is 39.3. The first-order valence-corrected chi connectivity index (χ1v) is 5.53. The second-order valence-corrected chi connectivity index (χ2v) is 4.31. The summed E-state index contributed by atoms with van der Waals surface area (Å²) in [7, 11) is 0. The fourth-order valence-electron chi connectivity index (χ4n) is 2.13. The summed E-state index contributed by atoms with van der Waals surface area (Å²) in [5, 5.41) is 13.9. The maximum absolute atomic E-state index is 9.86. The lowest BCUT2D eigenvalue weighted by Crippen LogP contribution is -2.47. The number of aliphatic hydroxyl groups is 1. The zero-order valence-corrected chi connectivity index (χ0v) is 8.83. The fourth-order valence-corrected chi connectivity index (χ4v) is 2.53. The summed E-state index contributed by atoms with van der Waals surface area (Å²) >= 11 is 6.10. The standard InChI is InChI=1S/C10H16ClNO2/c11-7-2-1-3-8(13)10(7)9-6-12-4-5-14-9/h2,8-10,12-13H,1,3-6H2/t8-,9+,10+/m0/s1. The van der Waals surface area contributed by atoms with Gasteiger partial charge in [0.05, 0.1) is 18.8 Å². The molecule has 2 aliphatic rings. The first kappa shape index (κ1) is 10.4. The van der Waals surface area contributed by atoms with Crippen molar-refractivity contribution in [2.45, 2.75) is 25.0 Å². The number of halogens is 1. The van der Waals surface area contributed by atoms with Crippen LogP contribution in [-0.4, -0.2) is 37.0 Å². The zero-order chi connectivity index (χ0) is 9.97. The van der Waals surface area contributed by atoms with E-state index in [9.17, 15) is 5.11 Å². The zero-order valence-electron chi connectivity index (χ0n) is 8.08. The monoisotopic (exact) mass is 217 g/mol. The van der Waals surface area contributed by atoms with Gasteiger partial charge in [0.2, 0.25) is 0 Å². The Labute approximate surface area is 89.1 Å². The topological polar surface area (TPSA) is 41.5 Å². The molecule has 0 radical (unpaired) electrons. The number of hydrogen-bond acceptors (Lipinski definition) is 3. The fraction of sp³-hybridized carbons (Fsp3) is 0.800. The van der Waals surface area contributed by atoms with Crippen LogP contribution in [0.25, 0.3) is 0 Å². The molecule has 0 aromatic rings. The van der Waals surface area contributed by atoms with Crippen LogP contribution in [0.5, 0.6) is 0 Å². The lowest BCUT2D eigenvalue weighted by molar-refractivity contribution is -0.0397. The van der Waals surface area contributed by atoms with Crippen molar-refractivity contribution in [1.29, 1.82) is 0 Å². The van der Waals surface area contributed by atoms with Crippen LogP contribution in [0.4, 0.5) is 0 Å². The van der Waals surface area contributed by atoms with Gasteiger partial charge in [0.15, 0.2) is 0 Å². The molecule has 1 heterocycles. The van der Waals surface area contributed by atoms with Gasteiger partial charge < -0.3 is 15.2 Å². The van der Waals surface area contributed by atoms with E-state index in [4.69, 9.17) is 16.3 Å². The molecule has 0 bridgehead atoms. The Bertz CT molecular complexity index is 226. The van der Waals surface area contributed by atoms with Gasteiger partial charge in [-0.1, -0.05) is 17.7 Å². The molecule has 3 atom stereocenters. The minimum Gasteiger partial charge on any atom is -0.392 e.